The highest BCUT2D eigenvalue weighted by molar-refractivity contribution is 5.79. The molecule has 0 radical (unpaired) electrons. The van der Waals surface area contributed by atoms with Crippen molar-refractivity contribution in [3.8, 4) is 0 Å². The maximum atomic E-state index is 13.2. The SMILES string of the molecule is CCNC(=NCC(C)(O)c1ccccc1)NCC(c1ccc(F)cc1)N(C)C. The number of guanidine groups is 1. The smallest absolute Gasteiger partial charge is 0.191 e. The van der Waals surface area contributed by atoms with E-state index in [1.54, 1.807) is 19.1 Å². The average Bonchev–Trinajstić information content (AvgIpc) is 2.68. The van der Waals surface area contributed by atoms with E-state index in [2.05, 4.69) is 20.5 Å². The van der Waals surface area contributed by atoms with Gasteiger partial charge in [-0.15, -0.1) is 0 Å². The highest BCUT2D eigenvalue weighted by Crippen LogP contribution is 2.20. The molecule has 0 heterocycles. The third kappa shape index (κ3) is 6.32. The van der Waals surface area contributed by atoms with E-state index in [0.29, 0.717) is 19.0 Å². The van der Waals surface area contributed by atoms with Crippen molar-refractivity contribution in [2.24, 2.45) is 4.99 Å². The number of halogens is 1. The monoisotopic (exact) mass is 386 g/mol. The van der Waals surface area contributed by atoms with E-state index in [1.165, 1.54) is 12.1 Å². The van der Waals surface area contributed by atoms with E-state index < -0.39 is 5.60 Å². The molecule has 0 aliphatic heterocycles. The lowest BCUT2D eigenvalue weighted by Gasteiger charge is -2.27. The van der Waals surface area contributed by atoms with Crippen LogP contribution in [0.1, 0.15) is 31.0 Å². The fraction of sp³-hybridized carbons (Fsp3) is 0.409. The van der Waals surface area contributed by atoms with Crippen LogP contribution in [0.4, 0.5) is 4.39 Å². The number of nitrogens with one attached hydrogen (secondary N) is 2. The number of rotatable bonds is 8. The summed E-state index contributed by atoms with van der Waals surface area (Å²) in [6, 6.07) is 16.1. The van der Waals surface area contributed by atoms with E-state index >= 15 is 0 Å². The Labute approximate surface area is 167 Å². The second-order valence-corrected chi connectivity index (χ2v) is 7.25. The van der Waals surface area contributed by atoms with Gasteiger partial charge in [-0.3, -0.25) is 0 Å². The third-order valence-corrected chi connectivity index (χ3v) is 4.63. The van der Waals surface area contributed by atoms with Crippen LogP contribution < -0.4 is 10.6 Å². The van der Waals surface area contributed by atoms with E-state index in [-0.39, 0.29) is 18.4 Å². The Morgan fingerprint density at radius 3 is 2.32 bits per heavy atom. The van der Waals surface area contributed by atoms with Crippen LogP contribution >= 0.6 is 0 Å². The van der Waals surface area contributed by atoms with Gasteiger partial charge in [0.25, 0.3) is 0 Å². The summed E-state index contributed by atoms with van der Waals surface area (Å²) in [5.74, 6) is 0.389. The molecule has 3 N–H and O–H groups in total. The minimum atomic E-state index is -1.05. The first-order valence-corrected chi connectivity index (χ1v) is 9.55. The quantitative estimate of drug-likeness (QED) is 0.482. The van der Waals surface area contributed by atoms with Crippen LogP contribution in [0.5, 0.6) is 0 Å². The number of hydrogen-bond donors (Lipinski definition) is 3. The number of aliphatic hydroxyl groups is 1. The molecule has 0 aliphatic rings. The summed E-state index contributed by atoms with van der Waals surface area (Å²) in [6.07, 6.45) is 0. The summed E-state index contributed by atoms with van der Waals surface area (Å²) < 4.78 is 13.2. The number of nitrogens with zero attached hydrogens (tertiary/aromatic N) is 2. The lowest BCUT2D eigenvalue weighted by atomic mass is 9.96. The normalized spacial score (nSPS) is 15.2. The number of benzene rings is 2. The second-order valence-electron chi connectivity index (χ2n) is 7.25. The van der Waals surface area contributed by atoms with E-state index in [1.807, 2.05) is 51.4 Å². The van der Waals surface area contributed by atoms with Gasteiger partial charge >= 0.3 is 0 Å². The zero-order valence-corrected chi connectivity index (χ0v) is 17.1. The van der Waals surface area contributed by atoms with Crippen molar-refractivity contribution < 1.29 is 9.50 Å². The van der Waals surface area contributed by atoms with Crippen molar-refractivity contribution in [3.05, 3.63) is 71.5 Å². The summed E-state index contributed by atoms with van der Waals surface area (Å²) in [4.78, 5) is 6.64. The van der Waals surface area contributed by atoms with Crippen molar-refractivity contribution in [2.75, 3.05) is 33.7 Å². The highest BCUT2D eigenvalue weighted by Gasteiger charge is 2.23. The van der Waals surface area contributed by atoms with Gasteiger partial charge < -0.3 is 20.6 Å². The average molecular weight is 387 g/mol. The van der Waals surface area contributed by atoms with Crippen LogP contribution in [0.25, 0.3) is 0 Å². The van der Waals surface area contributed by atoms with Gasteiger partial charge in [-0.05, 0) is 51.2 Å². The molecule has 0 amide bonds. The van der Waals surface area contributed by atoms with E-state index in [9.17, 15) is 9.50 Å². The lowest BCUT2D eigenvalue weighted by molar-refractivity contribution is 0.0672. The van der Waals surface area contributed by atoms with Crippen LogP contribution in [0.3, 0.4) is 0 Å². The molecule has 152 valence electrons. The Morgan fingerprint density at radius 2 is 1.75 bits per heavy atom. The minimum Gasteiger partial charge on any atom is -0.384 e. The van der Waals surface area contributed by atoms with Crippen LogP contribution in [0.2, 0.25) is 0 Å². The molecule has 0 aromatic heterocycles. The van der Waals surface area contributed by atoms with Gasteiger partial charge in [0.05, 0.1) is 12.6 Å². The van der Waals surface area contributed by atoms with Gasteiger partial charge in [-0.2, -0.15) is 0 Å². The van der Waals surface area contributed by atoms with Gasteiger partial charge in [0.15, 0.2) is 5.96 Å². The Bertz CT molecular complexity index is 745. The predicted molar refractivity (Wildman–Crippen MR) is 113 cm³/mol. The van der Waals surface area contributed by atoms with E-state index in [0.717, 1.165) is 11.1 Å². The molecule has 0 aliphatic carbocycles. The van der Waals surface area contributed by atoms with Crippen LogP contribution in [0.15, 0.2) is 59.6 Å². The van der Waals surface area contributed by atoms with E-state index in [4.69, 9.17) is 0 Å². The molecule has 0 fully saturated rings. The predicted octanol–water partition coefficient (Wildman–Crippen LogP) is 2.89. The summed E-state index contributed by atoms with van der Waals surface area (Å²) in [5, 5.41) is 17.3. The zero-order chi connectivity index (χ0) is 20.6. The van der Waals surface area contributed by atoms with Gasteiger partial charge in [-0.25, -0.2) is 9.38 Å². The van der Waals surface area contributed by atoms with Gasteiger partial charge in [0.2, 0.25) is 0 Å². The standard InChI is InChI=1S/C22H31FN4O/c1-5-24-21(26-16-22(2,28)18-9-7-6-8-10-18)25-15-20(27(3)4)17-11-13-19(23)14-12-17/h6-14,20,28H,5,15-16H2,1-4H3,(H2,24,25,26). The largest absolute Gasteiger partial charge is 0.384 e. The Balaban J connectivity index is 2.08. The fourth-order valence-corrected chi connectivity index (χ4v) is 2.94. The van der Waals surface area contributed by atoms with Crippen molar-refractivity contribution in [1.29, 1.82) is 0 Å². The third-order valence-electron chi connectivity index (χ3n) is 4.63. The summed E-state index contributed by atoms with van der Waals surface area (Å²) >= 11 is 0. The molecule has 6 heteroatoms. The summed E-state index contributed by atoms with van der Waals surface area (Å²) in [7, 11) is 3.97. The van der Waals surface area contributed by atoms with Crippen LogP contribution in [0, 0.1) is 5.82 Å². The van der Waals surface area contributed by atoms with Crippen molar-refractivity contribution in [3.63, 3.8) is 0 Å². The maximum Gasteiger partial charge on any atom is 0.191 e. The molecule has 2 unspecified atom stereocenters. The first-order valence-electron chi connectivity index (χ1n) is 9.55. The molecule has 0 saturated heterocycles. The molecular formula is C22H31FN4O. The first kappa shape index (κ1) is 21.9. The Kier molecular flexibility index (Phi) is 7.96. The Hall–Kier alpha value is -2.44. The highest BCUT2D eigenvalue weighted by atomic mass is 19.1. The zero-order valence-electron chi connectivity index (χ0n) is 17.1. The van der Waals surface area contributed by atoms with Gasteiger partial charge in [0.1, 0.15) is 11.4 Å². The molecule has 28 heavy (non-hydrogen) atoms. The molecule has 5 nitrogen and oxygen atoms in total. The first-order chi connectivity index (χ1) is 13.3. The fourth-order valence-electron chi connectivity index (χ4n) is 2.94. The molecule has 2 rings (SSSR count). The molecular weight excluding hydrogens is 355 g/mol. The van der Waals surface area contributed by atoms with Crippen molar-refractivity contribution >= 4 is 5.96 Å². The molecule has 2 atom stereocenters. The van der Waals surface area contributed by atoms with Crippen LogP contribution in [-0.2, 0) is 5.60 Å². The molecule has 0 bridgehead atoms. The molecule has 0 saturated carbocycles. The Morgan fingerprint density at radius 1 is 1.11 bits per heavy atom. The van der Waals surface area contributed by atoms with Gasteiger partial charge in [-0.1, -0.05) is 42.5 Å². The number of aliphatic imine (C=N–C) groups is 1. The summed E-state index contributed by atoms with van der Waals surface area (Å²) in [5.41, 5.74) is 0.791. The lowest BCUT2D eigenvalue weighted by Crippen LogP contribution is -2.42. The van der Waals surface area contributed by atoms with Gasteiger partial charge in [0, 0.05) is 13.1 Å². The van der Waals surface area contributed by atoms with Crippen molar-refractivity contribution in [1.82, 2.24) is 15.5 Å². The molecule has 0 spiro atoms. The molecule has 2 aromatic carbocycles. The number of likely N-dealkylation sites (N-methyl/N-ethyl adjacent to an activating group) is 1. The topological polar surface area (TPSA) is 59.9 Å². The second kappa shape index (κ2) is 10.2. The molecule has 2 aromatic rings. The maximum absolute atomic E-state index is 13.2. The minimum absolute atomic E-state index is 0.0547. The van der Waals surface area contributed by atoms with Crippen LogP contribution in [-0.4, -0.2) is 49.7 Å². The summed E-state index contributed by atoms with van der Waals surface area (Å²) in [6.45, 7) is 5.29. The van der Waals surface area contributed by atoms with Crippen molar-refractivity contribution in [2.45, 2.75) is 25.5 Å². The number of hydrogen-bond acceptors (Lipinski definition) is 3.